The molecule has 1 saturated carbocycles. The number of rotatable bonds is 7. The minimum Gasteiger partial charge on any atom is -0.428 e. The fourth-order valence-corrected chi connectivity index (χ4v) is 4.72. The van der Waals surface area contributed by atoms with Crippen LogP contribution in [0.25, 0.3) is 11.1 Å². The first-order valence-corrected chi connectivity index (χ1v) is 11.9. The molecule has 1 aliphatic carbocycles. The van der Waals surface area contributed by atoms with Gasteiger partial charge in [-0.15, -0.1) is 13.2 Å². The Hall–Kier alpha value is -3.16. The SMILES string of the molecule is CC[C@H]1CC[C@H](c2ccc(C(F)(F)Oc3ccccc3-c3ccc(OC(F)(F)F)c(F)c3)cc2)CC1. The highest BCUT2D eigenvalue weighted by Crippen LogP contribution is 2.41. The van der Waals surface area contributed by atoms with Crippen molar-refractivity contribution >= 4 is 0 Å². The van der Waals surface area contributed by atoms with Crippen LogP contribution in [0, 0.1) is 11.7 Å². The lowest BCUT2D eigenvalue weighted by Crippen LogP contribution is -2.22. The van der Waals surface area contributed by atoms with E-state index in [2.05, 4.69) is 11.7 Å². The number of ether oxygens (including phenoxy) is 2. The fraction of sp³-hybridized carbons (Fsp3) is 0.357. The number of benzene rings is 3. The van der Waals surface area contributed by atoms with E-state index in [1.165, 1.54) is 36.4 Å². The van der Waals surface area contributed by atoms with Gasteiger partial charge in [-0.05, 0) is 79.0 Å². The Balaban J connectivity index is 1.52. The van der Waals surface area contributed by atoms with Gasteiger partial charge in [-0.1, -0.05) is 49.7 Å². The molecule has 8 heteroatoms. The summed E-state index contributed by atoms with van der Waals surface area (Å²) in [6.07, 6.45) is -3.22. The summed E-state index contributed by atoms with van der Waals surface area (Å²) in [6, 6.07) is 14.6. The largest absolute Gasteiger partial charge is 0.573 e. The third-order valence-electron chi connectivity index (χ3n) is 6.74. The van der Waals surface area contributed by atoms with Crippen LogP contribution in [0.4, 0.5) is 26.3 Å². The molecule has 0 saturated heterocycles. The van der Waals surface area contributed by atoms with Crippen LogP contribution in [0.2, 0.25) is 0 Å². The lowest BCUT2D eigenvalue weighted by atomic mass is 9.78. The van der Waals surface area contributed by atoms with Gasteiger partial charge in [0.05, 0.1) is 5.56 Å². The zero-order valence-corrected chi connectivity index (χ0v) is 19.6. The molecule has 0 N–H and O–H groups in total. The molecule has 3 aromatic carbocycles. The highest BCUT2D eigenvalue weighted by Gasteiger charge is 2.36. The predicted octanol–water partition coefficient (Wildman–Crippen LogP) is 9.20. The molecule has 4 rings (SSSR count). The van der Waals surface area contributed by atoms with E-state index in [4.69, 9.17) is 4.74 Å². The molecule has 2 nitrogen and oxygen atoms in total. The summed E-state index contributed by atoms with van der Waals surface area (Å²) in [5.41, 5.74) is 0.856. The smallest absolute Gasteiger partial charge is 0.428 e. The van der Waals surface area contributed by atoms with E-state index in [1.54, 1.807) is 12.1 Å². The molecule has 3 aromatic rings. The Labute approximate surface area is 205 Å². The van der Waals surface area contributed by atoms with E-state index in [-0.39, 0.29) is 22.4 Å². The molecule has 0 aromatic heterocycles. The minimum absolute atomic E-state index is 0.0615. The quantitative estimate of drug-likeness (QED) is 0.296. The van der Waals surface area contributed by atoms with Gasteiger partial charge in [0.25, 0.3) is 0 Å². The Morgan fingerprint density at radius 3 is 2.06 bits per heavy atom. The van der Waals surface area contributed by atoms with Gasteiger partial charge in [-0.25, -0.2) is 4.39 Å². The number of hydrogen-bond donors (Lipinski definition) is 0. The third kappa shape index (κ3) is 6.15. The van der Waals surface area contributed by atoms with Crippen molar-refractivity contribution in [2.75, 3.05) is 0 Å². The maximum atomic E-state index is 15.1. The zero-order chi connectivity index (χ0) is 25.9. The number of halogens is 6. The summed E-state index contributed by atoms with van der Waals surface area (Å²) < 4.78 is 90.4. The summed E-state index contributed by atoms with van der Waals surface area (Å²) in [5, 5.41) is 0. The zero-order valence-electron chi connectivity index (χ0n) is 19.6. The Morgan fingerprint density at radius 1 is 0.778 bits per heavy atom. The van der Waals surface area contributed by atoms with Gasteiger partial charge >= 0.3 is 12.5 Å². The van der Waals surface area contributed by atoms with Gasteiger partial charge < -0.3 is 9.47 Å². The van der Waals surface area contributed by atoms with Gasteiger partial charge in [0, 0.05) is 5.56 Å². The molecule has 0 radical (unpaired) electrons. The molecule has 0 amide bonds. The molecule has 0 heterocycles. The highest BCUT2D eigenvalue weighted by molar-refractivity contribution is 5.71. The first kappa shape index (κ1) is 25.9. The van der Waals surface area contributed by atoms with Crippen molar-refractivity contribution in [1.82, 2.24) is 0 Å². The average Bonchev–Trinajstić information content (AvgIpc) is 2.85. The van der Waals surface area contributed by atoms with Crippen LogP contribution in [-0.4, -0.2) is 6.36 Å². The molecular weight excluding hydrogens is 482 g/mol. The standard InChI is InChI=1S/C28H26F6O2/c1-2-18-7-9-19(10-8-18)20-11-14-22(15-12-20)27(30,31)35-25-6-4-3-5-23(25)21-13-16-26(24(29)17-21)36-28(32,33)34/h3-6,11-19H,2,7-10H2,1H3/t18-,19-. The Bertz CT molecular complexity index is 1170. The van der Waals surface area contributed by atoms with E-state index in [0.29, 0.717) is 5.92 Å². The molecule has 0 bridgehead atoms. The number of alkyl halides is 5. The van der Waals surface area contributed by atoms with Crippen molar-refractivity contribution in [3.8, 4) is 22.6 Å². The Morgan fingerprint density at radius 2 is 1.44 bits per heavy atom. The van der Waals surface area contributed by atoms with E-state index < -0.39 is 24.0 Å². The maximum Gasteiger partial charge on any atom is 0.573 e. The summed E-state index contributed by atoms with van der Waals surface area (Å²) >= 11 is 0. The molecule has 0 unspecified atom stereocenters. The van der Waals surface area contributed by atoms with Crippen molar-refractivity contribution in [2.45, 2.75) is 57.4 Å². The van der Waals surface area contributed by atoms with Crippen molar-refractivity contribution in [3.05, 3.63) is 83.7 Å². The van der Waals surface area contributed by atoms with E-state index in [9.17, 15) is 17.6 Å². The van der Waals surface area contributed by atoms with Crippen LogP contribution in [0.15, 0.2) is 66.7 Å². The van der Waals surface area contributed by atoms with Gasteiger partial charge in [0.15, 0.2) is 11.6 Å². The Kier molecular flexibility index (Phi) is 7.52. The van der Waals surface area contributed by atoms with Gasteiger partial charge in [-0.2, -0.15) is 8.78 Å². The maximum absolute atomic E-state index is 15.1. The second-order valence-corrected chi connectivity index (χ2v) is 9.06. The molecular formula is C28H26F6O2. The van der Waals surface area contributed by atoms with E-state index in [0.717, 1.165) is 61.8 Å². The van der Waals surface area contributed by atoms with Crippen LogP contribution in [0.5, 0.6) is 11.5 Å². The van der Waals surface area contributed by atoms with Gasteiger partial charge in [0.1, 0.15) is 5.75 Å². The number of hydrogen-bond acceptors (Lipinski definition) is 2. The minimum atomic E-state index is -5.06. The third-order valence-corrected chi connectivity index (χ3v) is 6.74. The predicted molar refractivity (Wildman–Crippen MR) is 124 cm³/mol. The van der Waals surface area contributed by atoms with Crippen molar-refractivity contribution in [3.63, 3.8) is 0 Å². The molecule has 0 atom stereocenters. The highest BCUT2D eigenvalue weighted by atomic mass is 19.4. The number of para-hydroxylation sites is 1. The molecule has 0 spiro atoms. The van der Waals surface area contributed by atoms with Gasteiger partial charge in [-0.3, -0.25) is 0 Å². The monoisotopic (exact) mass is 508 g/mol. The first-order chi connectivity index (χ1) is 17.1. The molecule has 1 aliphatic rings. The molecule has 36 heavy (non-hydrogen) atoms. The van der Waals surface area contributed by atoms with Crippen molar-refractivity contribution < 1.29 is 35.8 Å². The average molecular weight is 509 g/mol. The summed E-state index contributed by atoms with van der Waals surface area (Å²) in [4.78, 5) is 0. The molecule has 1 fully saturated rings. The lowest BCUT2D eigenvalue weighted by Gasteiger charge is -2.28. The summed E-state index contributed by atoms with van der Waals surface area (Å²) in [7, 11) is 0. The van der Waals surface area contributed by atoms with Crippen molar-refractivity contribution in [1.29, 1.82) is 0 Å². The van der Waals surface area contributed by atoms with Crippen molar-refractivity contribution in [2.24, 2.45) is 5.92 Å². The van der Waals surface area contributed by atoms with Crippen LogP contribution in [0.1, 0.15) is 56.1 Å². The molecule has 192 valence electrons. The second kappa shape index (κ2) is 10.4. The fourth-order valence-electron chi connectivity index (χ4n) is 4.72. The van der Waals surface area contributed by atoms with Crippen LogP contribution in [0.3, 0.4) is 0 Å². The summed E-state index contributed by atoms with van der Waals surface area (Å²) in [6.45, 7) is 2.19. The van der Waals surface area contributed by atoms with E-state index >= 15 is 8.78 Å². The lowest BCUT2D eigenvalue weighted by molar-refractivity contribution is -0.275. The molecule has 0 aliphatic heterocycles. The topological polar surface area (TPSA) is 18.5 Å². The first-order valence-electron chi connectivity index (χ1n) is 11.9. The van der Waals surface area contributed by atoms with Crippen LogP contribution in [-0.2, 0) is 6.11 Å². The summed E-state index contributed by atoms with van der Waals surface area (Å²) in [5.74, 6) is -1.45. The van der Waals surface area contributed by atoms with E-state index in [1.807, 2.05) is 0 Å². The normalized spacial score (nSPS) is 18.6. The van der Waals surface area contributed by atoms with Gasteiger partial charge in [0.2, 0.25) is 0 Å². The van der Waals surface area contributed by atoms with Crippen LogP contribution < -0.4 is 9.47 Å². The second-order valence-electron chi connectivity index (χ2n) is 9.06. The van der Waals surface area contributed by atoms with Crippen LogP contribution >= 0.6 is 0 Å².